The number of ether oxygens (including phenoxy) is 2. The Morgan fingerprint density at radius 1 is 1.17 bits per heavy atom. The van der Waals surface area contributed by atoms with Crippen LogP contribution in [0.1, 0.15) is 62.8 Å². The molecule has 0 aromatic heterocycles. The fourth-order valence-electron chi connectivity index (χ4n) is 3.80. The summed E-state index contributed by atoms with van der Waals surface area (Å²) in [5.41, 5.74) is 1.48. The minimum atomic E-state index is -1.31. The van der Waals surface area contributed by atoms with Gasteiger partial charge in [-0.2, -0.15) is 0 Å². The van der Waals surface area contributed by atoms with Crippen LogP contribution in [-0.4, -0.2) is 71.8 Å². The Bertz CT molecular complexity index is 937. The number of aliphatic hydroxyl groups is 1. The Morgan fingerprint density at radius 2 is 1.83 bits per heavy atom. The average Bonchev–Trinajstić information content (AvgIpc) is 2.74. The quantitative estimate of drug-likeness (QED) is 0.449. The number of amides is 3. The van der Waals surface area contributed by atoms with E-state index < -0.39 is 48.2 Å². The lowest BCUT2D eigenvalue weighted by Gasteiger charge is -2.43. The summed E-state index contributed by atoms with van der Waals surface area (Å²) in [5, 5.41) is 15.0. The molecule has 1 aromatic carbocycles. The van der Waals surface area contributed by atoms with Crippen molar-refractivity contribution in [1.82, 2.24) is 15.5 Å². The third-order valence-corrected chi connectivity index (χ3v) is 5.78. The third kappa shape index (κ3) is 7.68. The van der Waals surface area contributed by atoms with E-state index in [0.717, 1.165) is 17.5 Å². The second kappa shape index (κ2) is 12.0. The number of aliphatic hydroxyl groups excluding tert-OH is 1. The highest BCUT2D eigenvalue weighted by Gasteiger charge is 2.42. The van der Waals surface area contributed by atoms with E-state index >= 15 is 0 Å². The molecule has 1 fully saturated rings. The minimum absolute atomic E-state index is 0.272. The summed E-state index contributed by atoms with van der Waals surface area (Å²) in [6.45, 7) is 7.74. The molecular formula is C25H37N3O7. The van der Waals surface area contributed by atoms with Crippen LogP contribution in [0.3, 0.4) is 0 Å². The number of hydrogen-bond acceptors (Lipinski definition) is 7. The van der Waals surface area contributed by atoms with Crippen LogP contribution in [0.15, 0.2) is 18.2 Å². The summed E-state index contributed by atoms with van der Waals surface area (Å²) in [4.78, 5) is 52.6. The Hall–Kier alpha value is -3.14. The maximum atomic E-state index is 13.7. The van der Waals surface area contributed by atoms with E-state index in [9.17, 15) is 24.3 Å². The molecule has 0 spiro atoms. The topological polar surface area (TPSA) is 134 Å². The van der Waals surface area contributed by atoms with Crippen molar-refractivity contribution in [3.63, 3.8) is 0 Å². The Kier molecular flexibility index (Phi) is 9.64. The summed E-state index contributed by atoms with van der Waals surface area (Å²) in [5.74, 6) is -1.79. The van der Waals surface area contributed by atoms with Crippen LogP contribution < -0.4 is 10.6 Å². The summed E-state index contributed by atoms with van der Waals surface area (Å²) in [6, 6.07) is 2.92. The fraction of sp³-hybridized carbons (Fsp3) is 0.600. The molecule has 1 aliphatic rings. The lowest BCUT2D eigenvalue weighted by molar-refractivity contribution is -0.149. The molecule has 35 heavy (non-hydrogen) atoms. The number of methoxy groups -OCH3 is 1. The maximum Gasteiger partial charge on any atom is 0.408 e. The number of alkyl carbamates (subject to hydrolysis) is 1. The number of nitrogens with one attached hydrogen (secondary N) is 2. The number of hydrogen-bond donors (Lipinski definition) is 3. The van der Waals surface area contributed by atoms with E-state index in [1.54, 1.807) is 20.8 Å². The van der Waals surface area contributed by atoms with Crippen LogP contribution in [0.5, 0.6) is 0 Å². The lowest BCUT2D eigenvalue weighted by atomic mass is 9.87. The fourth-order valence-corrected chi connectivity index (χ4v) is 3.80. The van der Waals surface area contributed by atoms with E-state index in [2.05, 4.69) is 15.4 Å². The van der Waals surface area contributed by atoms with Crippen molar-refractivity contribution in [1.29, 1.82) is 0 Å². The van der Waals surface area contributed by atoms with Gasteiger partial charge in [0, 0.05) is 6.04 Å². The summed E-state index contributed by atoms with van der Waals surface area (Å²) in [6.07, 6.45) is 1.36. The molecule has 1 saturated carbocycles. The predicted molar refractivity (Wildman–Crippen MR) is 128 cm³/mol. The highest BCUT2D eigenvalue weighted by Crippen LogP contribution is 2.35. The molecule has 3 N–H and O–H groups in total. The van der Waals surface area contributed by atoms with Crippen molar-refractivity contribution < 1.29 is 33.8 Å². The van der Waals surface area contributed by atoms with Crippen molar-refractivity contribution in [3.05, 3.63) is 34.9 Å². The molecule has 194 valence electrons. The zero-order valence-electron chi connectivity index (χ0n) is 21.3. The second-order valence-corrected chi connectivity index (χ2v) is 9.77. The van der Waals surface area contributed by atoms with E-state index in [4.69, 9.17) is 4.74 Å². The standard InChI is InChI=1S/C25H37N3O7/c1-15-10-11-16(2)18(12-15)21(22(31)26-13-20(30)34-6)28(17-8-7-9-17)23(32)19(14-29)27-24(33)35-25(3,4)5/h10-12,17,19,21,29H,7-9,13-14H2,1-6H3,(H,26,31)(H,27,33). The van der Waals surface area contributed by atoms with Gasteiger partial charge in [0.15, 0.2) is 0 Å². The van der Waals surface area contributed by atoms with Gasteiger partial charge in [-0.1, -0.05) is 23.8 Å². The van der Waals surface area contributed by atoms with Crippen molar-refractivity contribution >= 4 is 23.9 Å². The number of carbonyl (C=O) groups excluding carboxylic acids is 4. The molecule has 1 aromatic rings. The molecule has 10 nitrogen and oxygen atoms in total. The van der Waals surface area contributed by atoms with Crippen molar-refractivity contribution in [3.8, 4) is 0 Å². The molecule has 0 heterocycles. The van der Waals surface area contributed by atoms with Crippen molar-refractivity contribution in [2.24, 2.45) is 0 Å². The van der Waals surface area contributed by atoms with Crippen LogP contribution in [0.4, 0.5) is 4.79 Å². The molecule has 0 bridgehead atoms. The van der Waals surface area contributed by atoms with Crippen LogP contribution in [0.25, 0.3) is 0 Å². The van der Waals surface area contributed by atoms with Crippen LogP contribution in [-0.2, 0) is 23.9 Å². The molecule has 2 unspecified atom stereocenters. The van der Waals surface area contributed by atoms with Gasteiger partial charge in [-0.15, -0.1) is 0 Å². The van der Waals surface area contributed by atoms with Gasteiger partial charge in [0.1, 0.15) is 24.2 Å². The number of esters is 1. The normalized spacial score (nSPS) is 15.3. The molecule has 10 heteroatoms. The van der Waals surface area contributed by atoms with Gasteiger partial charge in [0.2, 0.25) is 11.8 Å². The van der Waals surface area contributed by atoms with Crippen molar-refractivity contribution in [2.45, 2.75) is 77.6 Å². The Labute approximate surface area is 206 Å². The number of nitrogens with zero attached hydrogens (tertiary/aromatic N) is 1. The maximum absolute atomic E-state index is 13.7. The highest BCUT2D eigenvalue weighted by atomic mass is 16.6. The van der Waals surface area contributed by atoms with E-state index in [-0.39, 0.29) is 12.6 Å². The van der Waals surface area contributed by atoms with Gasteiger partial charge < -0.3 is 30.1 Å². The Morgan fingerprint density at radius 3 is 2.34 bits per heavy atom. The smallest absolute Gasteiger partial charge is 0.408 e. The zero-order chi connectivity index (χ0) is 26.3. The average molecular weight is 492 g/mol. The lowest BCUT2D eigenvalue weighted by Crippen LogP contribution is -2.58. The van der Waals surface area contributed by atoms with Crippen molar-refractivity contribution in [2.75, 3.05) is 20.3 Å². The van der Waals surface area contributed by atoms with Crippen LogP contribution in [0, 0.1) is 13.8 Å². The second-order valence-electron chi connectivity index (χ2n) is 9.77. The summed E-state index contributed by atoms with van der Waals surface area (Å²) in [7, 11) is 1.22. The monoisotopic (exact) mass is 491 g/mol. The molecule has 2 atom stereocenters. The first-order valence-corrected chi connectivity index (χ1v) is 11.7. The first kappa shape index (κ1) is 28.1. The molecular weight excluding hydrogens is 454 g/mol. The molecule has 1 aliphatic carbocycles. The van der Waals surface area contributed by atoms with Gasteiger partial charge in [-0.3, -0.25) is 14.4 Å². The van der Waals surface area contributed by atoms with Crippen LogP contribution >= 0.6 is 0 Å². The predicted octanol–water partition coefficient (Wildman–Crippen LogP) is 1.90. The summed E-state index contributed by atoms with van der Waals surface area (Å²) >= 11 is 0. The number of benzene rings is 1. The van der Waals surface area contributed by atoms with Crippen LogP contribution in [0.2, 0.25) is 0 Å². The number of rotatable bonds is 9. The molecule has 0 saturated heterocycles. The molecule has 0 radical (unpaired) electrons. The SMILES string of the molecule is COC(=O)CNC(=O)C(c1cc(C)ccc1C)N(C(=O)C(CO)NC(=O)OC(C)(C)C)C1CCC1. The first-order valence-electron chi connectivity index (χ1n) is 11.7. The van der Waals surface area contributed by atoms with E-state index in [0.29, 0.717) is 18.4 Å². The molecule has 2 rings (SSSR count). The summed E-state index contributed by atoms with van der Waals surface area (Å²) < 4.78 is 9.87. The Balaban J connectivity index is 2.46. The van der Waals surface area contributed by atoms with Gasteiger partial charge in [0.05, 0.1) is 13.7 Å². The minimum Gasteiger partial charge on any atom is -0.468 e. The third-order valence-electron chi connectivity index (χ3n) is 5.78. The molecule has 3 amide bonds. The largest absolute Gasteiger partial charge is 0.468 e. The zero-order valence-corrected chi connectivity index (χ0v) is 21.3. The van der Waals surface area contributed by atoms with Gasteiger partial charge in [-0.25, -0.2) is 4.79 Å². The highest BCUT2D eigenvalue weighted by molar-refractivity contribution is 5.93. The number of carbonyl (C=O) groups is 4. The van der Waals surface area contributed by atoms with Gasteiger partial charge in [-0.05, 0) is 65.0 Å². The first-order chi connectivity index (χ1) is 16.4. The molecule has 0 aliphatic heterocycles. The van der Waals surface area contributed by atoms with Gasteiger partial charge >= 0.3 is 12.1 Å². The van der Waals surface area contributed by atoms with Gasteiger partial charge in [0.25, 0.3) is 0 Å². The van der Waals surface area contributed by atoms with E-state index in [1.165, 1.54) is 12.0 Å². The number of aryl methyl sites for hydroxylation is 2. The van der Waals surface area contributed by atoms with E-state index in [1.807, 2.05) is 32.0 Å².